The number of hydrogen-bond donors (Lipinski definition) is 0. The molecule has 0 rings (SSSR count). The summed E-state index contributed by atoms with van der Waals surface area (Å²) in [5, 5.41) is 0. The van der Waals surface area contributed by atoms with E-state index in [1.54, 1.807) is 6.08 Å². The molecule has 0 aliphatic carbocycles. The molecule has 0 aliphatic heterocycles. The summed E-state index contributed by atoms with van der Waals surface area (Å²) in [4.78, 5) is 0. The first kappa shape index (κ1) is 6.55. The first-order valence-electron chi connectivity index (χ1n) is 1.48. The number of rotatable bonds is 2. The van der Waals surface area contributed by atoms with Crippen LogP contribution in [0.5, 0.6) is 0 Å². The highest BCUT2D eigenvalue weighted by Gasteiger charge is 1.95. The fourth-order valence-corrected chi connectivity index (χ4v) is 0.913. The van der Waals surface area contributed by atoms with Crippen molar-refractivity contribution in [2.45, 2.75) is 0 Å². The molecule has 0 bridgehead atoms. The van der Waals surface area contributed by atoms with Crippen molar-refractivity contribution in [2.75, 3.05) is 6.16 Å². The second-order valence-electron chi connectivity index (χ2n) is 0.789. The van der Waals surface area contributed by atoms with Crippen molar-refractivity contribution >= 4 is 29.1 Å². The molecule has 0 aromatic carbocycles. The van der Waals surface area contributed by atoms with Gasteiger partial charge in [-0.05, 0) is 6.08 Å². The van der Waals surface area contributed by atoms with Gasteiger partial charge in [0.25, 0.3) is 6.05 Å². The molecule has 34 valence electrons. The zero-order valence-electron chi connectivity index (χ0n) is 3.22. The Bertz CT molecular complexity index is 71.2. The molecule has 0 nitrogen and oxygen atoms in total. The third-order valence-electron chi connectivity index (χ3n) is 0.273. The van der Waals surface area contributed by atoms with Crippen LogP contribution in [0, 0.1) is 0 Å². The van der Waals surface area contributed by atoms with Crippen LogP contribution < -0.4 is 0 Å². The van der Waals surface area contributed by atoms with E-state index in [2.05, 4.69) is 18.4 Å². The minimum atomic E-state index is -0.663. The van der Waals surface area contributed by atoms with Gasteiger partial charge < -0.3 is 0 Å². The maximum atomic E-state index is 5.39. The van der Waals surface area contributed by atoms with Crippen molar-refractivity contribution in [3.05, 3.63) is 12.7 Å². The van der Waals surface area contributed by atoms with E-state index in [9.17, 15) is 0 Å². The standard InChI is InChI=1S/C3H5ClPS/c1-2-3-5(4)6/h2H,1,3H2/q+1. The normalized spacial score (nSPS) is 10.5. The Labute approximate surface area is 48.4 Å². The van der Waals surface area contributed by atoms with Crippen LogP contribution in [0.25, 0.3) is 0 Å². The summed E-state index contributed by atoms with van der Waals surface area (Å²) >= 11 is 10.0. The molecular weight excluding hydrogens is 135 g/mol. The van der Waals surface area contributed by atoms with Crippen LogP contribution in [0.4, 0.5) is 0 Å². The molecule has 3 heteroatoms. The first-order valence-corrected chi connectivity index (χ1v) is 4.93. The molecule has 1 unspecified atom stereocenters. The fourth-order valence-electron chi connectivity index (χ4n) is 0.101. The monoisotopic (exact) mass is 139 g/mol. The molecule has 6 heavy (non-hydrogen) atoms. The molecule has 0 spiro atoms. The maximum Gasteiger partial charge on any atom is 0.292 e. The third kappa shape index (κ3) is 4.55. The zero-order valence-corrected chi connectivity index (χ0v) is 5.69. The average molecular weight is 140 g/mol. The molecule has 0 radical (unpaired) electrons. The minimum Gasteiger partial charge on any atom is -0.0989 e. The summed E-state index contributed by atoms with van der Waals surface area (Å²) < 4.78 is 0. The Kier molecular flexibility index (Phi) is 4.07. The van der Waals surface area contributed by atoms with Crippen LogP contribution in [0.15, 0.2) is 12.7 Å². The largest absolute Gasteiger partial charge is 0.292 e. The third-order valence-corrected chi connectivity index (χ3v) is 1.68. The molecule has 0 N–H and O–H groups in total. The molecule has 0 heterocycles. The molecule has 0 saturated heterocycles. The van der Waals surface area contributed by atoms with Gasteiger partial charge >= 0.3 is 0 Å². The minimum absolute atomic E-state index is 0.663. The Morgan fingerprint density at radius 3 is 2.50 bits per heavy atom. The van der Waals surface area contributed by atoms with Gasteiger partial charge in [0.05, 0.1) is 0 Å². The summed E-state index contributed by atoms with van der Waals surface area (Å²) in [6, 6.07) is -0.663. The molecule has 0 fully saturated rings. The molecule has 0 aliphatic rings. The van der Waals surface area contributed by atoms with Crippen LogP contribution in [0.3, 0.4) is 0 Å². The Morgan fingerprint density at radius 1 is 2.00 bits per heavy atom. The van der Waals surface area contributed by atoms with Crippen LogP contribution in [0.1, 0.15) is 0 Å². The topological polar surface area (TPSA) is 0 Å². The summed E-state index contributed by atoms with van der Waals surface area (Å²) in [5.74, 6) is 0. The lowest BCUT2D eigenvalue weighted by Crippen LogP contribution is -1.54. The van der Waals surface area contributed by atoms with Gasteiger partial charge in [-0.3, -0.25) is 0 Å². The van der Waals surface area contributed by atoms with E-state index in [1.165, 1.54) is 0 Å². The summed E-state index contributed by atoms with van der Waals surface area (Å²) in [6.45, 7) is 3.47. The van der Waals surface area contributed by atoms with Gasteiger partial charge in [-0.1, -0.05) is 6.58 Å². The van der Waals surface area contributed by atoms with Crippen LogP contribution in [-0.2, 0) is 11.8 Å². The van der Waals surface area contributed by atoms with E-state index >= 15 is 0 Å². The van der Waals surface area contributed by atoms with E-state index in [1.807, 2.05) is 0 Å². The number of hydrogen-bond acceptors (Lipinski definition) is 1. The van der Waals surface area contributed by atoms with Gasteiger partial charge in [0, 0.05) is 0 Å². The van der Waals surface area contributed by atoms with E-state index in [0.29, 0.717) is 0 Å². The van der Waals surface area contributed by atoms with Gasteiger partial charge in [0.1, 0.15) is 0 Å². The number of allylic oxidation sites excluding steroid dienone is 1. The summed E-state index contributed by atoms with van der Waals surface area (Å²) in [5.41, 5.74) is 0. The molecule has 0 saturated carbocycles. The highest BCUT2D eigenvalue weighted by Crippen LogP contribution is 2.25. The second-order valence-corrected chi connectivity index (χ2v) is 4.94. The zero-order chi connectivity index (χ0) is 4.99. The quantitative estimate of drug-likeness (QED) is 0.418. The van der Waals surface area contributed by atoms with Gasteiger partial charge in [0.2, 0.25) is 0 Å². The SMILES string of the molecule is C=CC[P+](=S)Cl. The number of halogens is 1. The predicted molar refractivity (Wildman–Crippen MR) is 35.2 cm³/mol. The molecule has 0 aromatic rings. The highest BCUT2D eigenvalue weighted by molar-refractivity contribution is 8.17. The van der Waals surface area contributed by atoms with E-state index in [0.717, 1.165) is 6.16 Å². The van der Waals surface area contributed by atoms with Crippen LogP contribution in [-0.4, -0.2) is 6.16 Å². The van der Waals surface area contributed by atoms with Crippen LogP contribution >= 0.6 is 17.3 Å². The van der Waals surface area contributed by atoms with Crippen molar-refractivity contribution in [3.8, 4) is 0 Å². The smallest absolute Gasteiger partial charge is 0.0989 e. The van der Waals surface area contributed by atoms with Gasteiger partial charge in [0.15, 0.2) is 29.2 Å². The Balaban J connectivity index is 3.05. The van der Waals surface area contributed by atoms with E-state index in [4.69, 9.17) is 11.2 Å². The van der Waals surface area contributed by atoms with Crippen molar-refractivity contribution in [2.24, 2.45) is 0 Å². The average Bonchev–Trinajstić information content (AvgIpc) is 1.35. The Morgan fingerprint density at radius 2 is 2.50 bits per heavy atom. The lowest BCUT2D eigenvalue weighted by molar-refractivity contribution is 1.83. The molecule has 0 aromatic heterocycles. The molecule has 0 amide bonds. The summed E-state index contributed by atoms with van der Waals surface area (Å²) in [6.07, 6.45) is 2.53. The molecular formula is C3H5ClPS+. The van der Waals surface area contributed by atoms with E-state index < -0.39 is 6.05 Å². The Hall–Kier alpha value is 0.550. The maximum absolute atomic E-state index is 5.39. The lowest BCUT2D eigenvalue weighted by atomic mass is 10.8. The lowest BCUT2D eigenvalue weighted by Gasteiger charge is -1.60. The van der Waals surface area contributed by atoms with Crippen molar-refractivity contribution < 1.29 is 0 Å². The van der Waals surface area contributed by atoms with Gasteiger partial charge in [-0.25, -0.2) is 0 Å². The van der Waals surface area contributed by atoms with Crippen molar-refractivity contribution in [1.82, 2.24) is 0 Å². The van der Waals surface area contributed by atoms with Gasteiger partial charge in [-0.15, -0.1) is 0 Å². The summed E-state index contributed by atoms with van der Waals surface area (Å²) in [7, 11) is 0. The fraction of sp³-hybridized carbons (Fsp3) is 0.333. The molecule has 1 atom stereocenters. The van der Waals surface area contributed by atoms with Crippen molar-refractivity contribution in [3.63, 3.8) is 0 Å². The van der Waals surface area contributed by atoms with Gasteiger partial charge in [-0.2, -0.15) is 0 Å². The van der Waals surface area contributed by atoms with E-state index in [-0.39, 0.29) is 0 Å². The highest BCUT2D eigenvalue weighted by atomic mass is 35.7. The predicted octanol–water partition coefficient (Wildman–Crippen LogP) is 2.27. The first-order chi connectivity index (χ1) is 2.77. The van der Waals surface area contributed by atoms with Crippen LogP contribution in [0.2, 0.25) is 0 Å². The second kappa shape index (κ2) is 3.73. The van der Waals surface area contributed by atoms with Crippen molar-refractivity contribution in [1.29, 1.82) is 0 Å².